The van der Waals surface area contributed by atoms with Crippen molar-refractivity contribution in [3.8, 4) is 5.69 Å². The van der Waals surface area contributed by atoms with Crippen LogP contribution in [0.5, 0.6) is 0 Å². The van der Waals surface area contributed by atoms with Gasteiger partial charge in [-0.1, -0.05) is 79.1 Å². The second-order valence-corrected chi connectivity index (χ2v) is 9.39. The Kier molecular flexibility index (Phi) is 5.90. The van der Waals surface area contributed by atoms with Crippen LogP contribution in [-0.4, -0.2) is 20.7 Å². The van der Waals surface area contributed by atoms with Crippen LogP contribution >= 0.6 is 11.3 Å². The molecule has 0 unspecified atom stereocenters. The third kappa shape index (κ3) is 4.12. The van der Waals surface area contributed by atoms with Crippen molar-refractivity contribution in [2.24, 2.45) is 5.92 Å². The van der Waals surface area contributed by atoms with Gasteiger partial charge in [-0.05, 0) is 36.5 Å². The molecule has 2 aromatic heterocycles. The lowest BCUT2D eigenvalue weighted by atomic mass is 9.89. The Morgan fingerprint density at radius 1 is 0.938 bits per heavy atom. The average Bonchev–Trinajstić information content (AvgIpc) is 3.27. The van der Waals surface area contributed by atoms with Crippen LogP contribution in [0, 0.1) is 5.92 Å². The average molecular weight is 447 g/mol. The third-order valence-corrected chi connectivity index (χ3v) is 7.14. The van der Waals surface area contributed by atoms with E-state index in [1.165, 1.54) is 48.0 Å². The summed E-state index contributed by atoms with van der Waals surface area (Å²) in [5, 5.41) is 4.15. The van der Waals surface area contributed by atoms with Crippen molar-refractivity contribution in [3.63, 3.8) is 0 Å². The molecule has 7 heteroatoms. The summed E-state index contributed by atoms with van der Waals surface area (Å²) < 4.78 is 3.37. The number of para-hydroxylation sites is 1. The van der Waals surface area contributed by atoms with Crippen molar-refractivity contribution in [2.45, 2.75) is 38.6 Å². The standard InChI is InChI=1S/C25H26N4O2S/c30-23-21-22(27-24(32-21)26-16-18-10-4-1-5-11-18)28(17-19-12-6-2-7-13-19)25(31)29(23)20-14-8-3-9-15-20/h2-3,6-9,12-15,18H,1,4-5,10-11,16-17H2,(H,26,27). The van der Waals surface area contributed by atoms with E-state index in [1.54, 1.807) is 16.7 Å². The fourth-order valence-corrected chi connectivity index (χ4v) is 5.35. The molecule has 0 atom stereocenters. The molecule has 0 saturated heterocycles. The van der Waals surface area contributed by atoms with Crippen molar-refractivity contribution in [1.82, 2.24) is 14.1 Å². The van der Waals surface area contributed by atoms with Crippen LogP contribution in [0.1, 0.15) is 37.7 Å². The predicted molar refractivity (Wildman–Crippen MR) is 130 cm³/mol. The molecular weight excluding hydrogens is 420 g/mol. The second kappa shape index (κ2) is 9.12. The van der Waals surface area contributed by atoms with E-state index in [2.05, 4.69) is 5.32 Å². The van der Waals surface area contributed by atoms with E-state index >= 15 is 0 Å². The molecule has 2 heterocycles. The van der Waals surface area contributed by atoms with E-state index in [0.29, 0.717) is 33.6 Å². The molecule has 0 aliphatic heterocycles. The number of nitrogens with zero attached hydrogens (tertiary/aromatic N) is 3. The monoisotopic (exact) mass is 446 g/mol. The lowest BCUT2D eigenvalue weighted by molar-refractivity contribution is 0.373. The van der Waals surface area contributed by atoms with Gasteiger partial charge in [0.25, 0.3) is 5.56 Å². The third-order valence-electron chi connectivity index (χ3n) is 6.15. The first-order valence-electron chi connectivity index (χ1n) is 11.2. The fourth-order valence-electron chi connectivity index (χ4n) is 4.45. The van der Waals surface area contributed by atoms with E-state index in [4.69, 9.17) is 4.98 Å². The SMILES string of the molecule is O=c1c2sc(NCC3CCCCC3)nc2n(Cc2ccccc2)c(=O)n1-c1ccccc1. The number of hydrogen-bond acceptors (Lipinski definition) is 5. The Balaban J connectivity index is 1.60. The number of nitrogens with one attached hydrogen (secondary N) is 1. The molecule has 0 amide bonds. The van der Waals surface area contributed by atoms with Gasteiger partial charge in [0.05, 0.1) is 12.2 Å². The molecule has 0 radical (unpaired) electrons. The quantitative estimate of drug-likeness (QED) is 0.468. The molecule has 1 aliphatic rings. The number of fused-ring (bicyclic) bond motifs is 1. The zero-order chi connectivity index (χ0) is 21.9. The Bertz CT molecular complexity index is 1320. The molecule has 32 heavy (non-hydrogen) atoms. The molecule has 5 rings (SSSR count). The first-order chi connectivity index (χ1) is 15.7. The molecular formula is C25H26N4O2S. The minimum Gasteiger partial charge on any atom is -0.361 e. The molecule has 6 nitrogen and oxygen atoms in total. The van der Waals surface area contributed by atoms with Gasteiger partial charge in [-0.15, -0.1) is 0 Å². The Labute approximate surface area is 190 Å². The summed E-state index contributed by atoms with van der Waals surface area (Å²) in [6, 6.07) is 18.9. The molecule has 2 aromatic carbocycles. The van der Waals surface area contributed by atoms with Crippen LogP contribution in [0.3, 0.4) is 0 Å². The topological polar surface area (TPSA) is 68.9 Å². The van der Waals surface area contributed by atoms with Crippen LogP contribution in [0.2, 0.25) is 0 Å². The fraction of sp³-hybridized carbons (Fsp3) is 0.320. The molecule has 4 aromatic rings. The first kappa shape index (κ1) is 20.7. The zero-order valence-electron chi connectivity index (χ0n) is 17.9. The van der Waals surface area contributed by atoms with Crippen LogP contribution in [-0.2, 0) is 6.54 Å². The van der Waals surface area contributed by atoms with Crippen LogP contribution < -0.4 is 16.6 Å². The summed E-state index contributed by atoms with van der Waals surface area (Å²) in [6.07, 6.45) is 6.35. The van der Waals surface area contributed by atoms with Crippen LogP contribution in [0.15, 0.2) is 70.3 Å². The molecule has 1 saturated carbocycles. The van der Waals surface area contributed by atoms with Gasteiger partial charge in [0.2, 0.25) is 0 Å². The number of hydrogen-bond donors (Lipinski definition) is 1. The Morgan fingerprint density at radius 2 is 1.62 bits per heavy atom. The van der Waals surface area contributed by atoms with Gasteiger partial charge in [0, 0.05) is 6.54 Å². The Morgan fingerprint density at radius 3 is 2.34 bits per heavy atom. The number of anilines is 1. The first-order valence-corrected chi connectivity index (χ1v) is 12.0. The van der Waals surface area contributed by atoms with E-state index in [0.717, 1.165) is 12.1 Å². The van der Waals surface area contributed by atoms with E-state index < -0.39 is 0 Å². The normalized spacial score (nSPS) is 14.6. The summed E-state index contributed by atoms with van der Waals surface area (Å²) in [4.78, 5) is 31.6. The maximum atomic E-state index is 13.5. The van der Waals surface area contributed by atoms with Crippen molar-refractivity contribution < 1.29 is 0 Å². The van der Waals surface area contributed by atoms with Gasteiger partial charge in [-0.25, -0.2) is 14.3 Å². The summed E-state index contributed by atoms with van der Waals surface area (Å²) in [7, 11) is 0. The minimum atomic E-state index is -0.373. The van der Waals surface area contributed by atoms with Crippen molar-refractivity contribution >= 4 is 26.8 Å². The lowest BCUT2D eigenvalue weighted by Gasteiger charge is -2.21. The predicted octanol–water partition coefficient (Wildman–Crippen LogP) is 4.65. The van der Waals surface area contributed by atoms with Crippen molar-refractivity contribution in [2.75, 3.05) is 11.9 Å². The molecule has 0 spiro atoms. The van der Waals surface area contributed by atoms with Gasteiger partial charge >= 0.3 is 5.69 Å². The number of aromatic nitrogens is 3. The molecule has 1 fully saturated rings. The number of thiazole rings is 1. The van der Waals surface area contributed by atoms with Crippen molar-refractivity contribution in [3.05, 3.63) is 87.1 Å². The number of benzene rings is 2. The number of rotatable bonds is 6. The zero-order valence-corrected chi connectivity index (χ0v) is 18.7. The van der Waals surface area contributed by atoms with Gasteiger partial charge in [-0.3, -0.25) is 9.36 Å². The summed E-state index contributed by atoms with van der Waals surface area (Å²) in [6.45, 7) is 1.21. The summed E-state index contributed by atoms with van der Waals surface area (Å²) >= 11 is 1.34. The van der Waals surface area contributed by atoms with Crippen LogP contribution in [0.4, 0.5) is 5.13 Å². The molecule has 1 N–H and O–H groups in total. The highest BCUT2D eigenvalue weighted by molar-refractivity contribution is 7.22. The van der Waals surface area contributed by atoms with E-state index in [-0.39, 0.29) is 11.2 Å². The molecule has 1 aliphatic carbocycles. The molecule has 0 bridgehead atoms. The smallest absolute Gasteiger partial charge is 0.337 e. The van der Waals surface area contributed by atoms with Crippen LogP contribution in [0.25, 0.3) is 16.0 Å². The highest BCUT2D eigenvalue weighted by atomic mass is 32.1. The van der Waals surface area contributed by atoms with Gasteiger partial charge < -0.3 is 5.32 Å². The maximum Gasteiger partial charge on any atom is 0.337 e. The van der Waals surface area contributed by atoms with E-state index in [1.807, 2.05) is 48.5 Å². The lowest BCUT2D eigenvalue weighted by Crippen LogP contribution is -2.38. The second-order valence-electron chi connectivity index (χ2n) is 8.39. The summed E-state index contributed by atoms with van der Waals surface area (Å²) in [5.74, 6) is 0.642. The van der Waals surface area contributed by atoms with Gasteiger partial charge in [-0.2, -0.15) is 0 Å². The van der Waals surface area contributed by atoms with Gasteiger partial charge in [0.15, 0.2) is 10.8 Å². The minimum absolute atomic E-state index is 0.316. The largest absolute Gasteiger partial charge is 0.361 e. The highest BCUT2D eigenvalue weighted by Crippen LogP contribution is 2.27. The maximum absolute atomic E-state index is 13.5. The summed E-state index contributed by atoms with van der Waals surface area (Å²) in [5.41, 5.74) is 1.31. The Hall–Kier alpha value is -3.19. The molecule has 164 valence electrons. The highest BCUT2D eigenvalue weighted by Gasteiger charge is 2.20. The van der Waals surface area contributed by atoms with E-state index in [9.17, 15) is 9.59 Å². The van der Waals surface area contributed by atoms with Crippen molar-refractivity contribution in [1.29, 1.82) is 0 Å². The van der Waals surface area contributed by atoms with Gasteiger partial charge in [0.1, 0.15) is 4.70 Å².